The Morgan fingerprint density at radius 3 is 2.35 bits per heavy atom. The van der Waals surface area contributed by atoms with Gasteiger partial charge in [-0.15, -0.1) is 0 Å². The normalized spacial score (nSPS) is 34.3. The molecule has 23 heavy (non-hydrogen) atoms. The van der Waals surface area contributed by atoms with Crippen LogP contribution in [0.4, 0.5) is 5.95 Å². The lowest BCUT2D eigenvalue weighted by molar-refractivity contribution is -0.131. The van der Waals surface area contributed by atoms with E-state index in [4.69, 9.17) is 0 Å². The summed E-state index contributed by atoms with van der Waals surface area (Å²) in [5.41, 5.74) is 0.209. The molecule has 4 bridgehead atoms. The third-order valence-corrected chi connectivity index (χ3v) is 5.82. The highest BCUT2D eigenvalue weighted by molar-refractivity contribution is 5.93. The van der Waals surface area contributed by atoms with Crippen molar-refractivity contribution in [1.82, 2.24) is 20.5 Å². The highest BCUT2D eigenvalue weighted by atomic mass is 16.2. The van der Waals surface area contributed by atoms with E-state index < -0.39 is 0 Å². The van der Waals surface area contributed by atoms with Crippen LogP contribution in [0.25, 0.3) is 0 Å². The van der Waals surface area contributed by atoms with Crippen molar-refractivity contribution < 1.29 is 9.59 Å². The first-order chi connectivity index (χ1) is 11.1. The summed E-state index contributed by atoms with van der Waals surface area (Å²) < 4.78 is 0. The van der Waals surface area contributed by atoms with Gasteiger partial charge in [-0.2, -0.15) is 10.1 Å². The molecule has 5 rings (SSSR count). The molecule has 4 aliphatic rings. The zero-order valence-electron chi connectivity index (χ0n) is 13.2. The number of nitrogens with zero attached hydrogens (tertiary/aromatic N) is 2. The molecule has 4 aliphatic carbocycles. The fraction of sp³-hybridized carbons (Fsp3) is 0.750. The Bertz CT molecular complexity index is 562. The summed E-state index contributed by atoms with van der Waals surface area (Å²) in [6, 6.07) is 0. The van der Waals surface area contributed by atoms with Gasteiger partial charge in [0.15, 0.2) is 0 Å². The van der Waals surface area contributed by atoms with E-state index in [-0.39, 0.29) is 23.8 Å². The lowest BCUT2D eigenvalue weighted by Crippen LogP contribution is -2.48. The SMILES string of the molecule is O=C(CC12CC3CC(CC(C3)C1)C2)NCC(=O)Nc1ncn[nH]1. The van der Waals surface area contributed by atoms with Gasteiger partial charge in [-0.3, -0.25) is 14.9 Å². The largest absolute Gasteiger partial charge is 0.347 e. The van der Waals surface area contributed by atoms with E-state index in [1.165, 1.54) is 44.9 Å². The molecule has 4 saturated carbocycles. The topological polar surface area (TPSA) is 99.8 Å². The van der Waals surface area contributed by atoms with Crippen LogP contribution in [-0.4, -0.2) is 33.5 Å². The average Bonchev–Trinajstić information content (AvgIpc) is 2.96. The zero-order chi connectivity index (χ0) is 15.9. The smallest absolute Gasteiger partial charge is 0.246 e. The lowest BCUT2D eigenvalue weighted by Gasteiger charge is -2.56. The van der Waals surface area contributed by atoms with Crippen molar-refractivity contribution in [3.05, 3.63) is 6.33 Å². The first-order valence-electron chi connectivity index (χ1n) is 8.52. The summed E-state index contributed by atoms with van der Waals surface area (Å²) in [7, 11) is 0. The Hall–Kier alpha value is -1.92. The van der Waals surface area contributed by atoms with Gasteiger partial charge in [-0.05, 0) is 61.7 Å². The van der Waals surface area contributed by atoms with E-state index >= 15 is 0 Å². The molecule has 0 saturated heterocycles. The summed E-state index contributed by atoms with van der Waals surface area (Å²) in [5.74, 6) is 2.52. The minimum atomic E-state index is -0.291. The van der Waals surface area contributed by atoms with Crippen molar-refractivity contribution in [2.24, 2.45) is 23.2 Å². The van der Waals surface area contributed by atoms with Gasteiger partial charge in [-0.25, -0.2) is 5.10 Å². The van der Waals surface area contributed by atoms with Crippen LogP contribution in [0.15, 0.2) is 6.33 Å². The fourth-order valence-corrected chi connectivity index (χ4v) is 5.53. The van der Waals surface area contributed by atoms with Crippen LogP contribution in [-0.2, 0) is 9.59 Å². The molecule has 0 aromatic carbocycles. The van der Waals surface area contributed by atoms with E-state index in [9.17, 15) is 9.59 Å². The van der Waals surface area contributed by atoms with Gasteiger partial charge in [0.1, 0.15) is 6.33 Å². The highest BCUT2D eigenvalue weighted by Gasteiger charge is 2.51. The number of aromatic nitrogens is 3. The van der Waals surface area contributed by atoms with Crippen molar-refractivity contribution in [2.45, 2.75) is 44.9 Å². The van der Waals surface area contributed by atoms with Crippen LogP contribution in [0.5, 0.6) is 0 Å². The van der Waals surface area contributed by atoms with Gasteiger partial charge < -0.3 is 5.32 Å². The molecule has 7 heteroatoms. The molecule has 2 amide bonds. The minimum absolute atomic E-state index is 0.000306. The van der Waals surface area contributed by atoms with Gasteiger partial charge >= 0.3 is 0 Å². The van der Waals surface area contributed by atoms with E-state index in [0.29, 0.717) is 12.4 Å². The second-order valence-corrected chi connectivity index (χ2v) is 7.75. The number of amides is 2. The van der Waals surface area contributed by atoms with Gasteiger partial charge in [0.25, 0.3) is 0 Å². The van der Waals surface area contributed by atoms with Gasteiger partial charge in [0, 0.05) is 6.42 Å². The number of aromatic amines is 1. The highest BCUT2D eigenvalue weighted by Crippen LogP contribution is 2.61. The van der Waals surface area contributed by atoms with Gasteiger partial charge in [-0.1, -0.05) is 0 Å². The predicted molar refractivity (Wildman–Crippen MR) is 83.2 cm³/mol. The second kappa shape index (κ2) is 5.62. The number of hydrogen-bond acceptors (Lipinski definition) is 4. The molecular weight excluding hydrogens is 294 g/mol. The number of carbonyl (C=O) groups is 2. The van der Waals surface area contributed by atoms with E-state index in [2.05, 4.69) is 25.8 Å². The Balaban J connectivity index is 1.28. The molecule has 0 spiro atoms. The monoisotopic (exact) mass is 317 g/mol. The van der Waals surface area contributed by atoms with Crippen molar-refractivity contribution in [3.63, 3.8) is 0 Å². The molecule has 4 fully saturated rings. The Morgan fingerprint density at radius 2 is 1.78 bits per heavy atom. The fourth-order valence-electron chi connectivity index (χ4n) is 5.53. The Morgan fingerprint density at radius 1 is 1.13 bits per heavy atom. The van der Waals surface area contributed by atoms with E-state index in [1.54, 1.807) is 0 Å². The van der Waals surface area contributed by atoms with Crippen LogP contribution >= 0.6 is 0 Å². The van der Waals surface area contributed by atoms with Crippen LogP contribution in [0.2, 0.25) is 0 Å². The maximum Gasteiger partial charge on any atom is 0.246 e. The summed E-state index contributed by atoms with van der Waals surface area (Å²) in [4.78, 5) is 27.9. The van der Waals surface area contributed by atoms with Crippen molar-refractivity contribution in [2.75, 3.05) is 11.9 Å². The molecule has 0 radical (unpaired) electrons. The molecule has 1 aromatic heterocycles. The molecule has 7 nitrogen and oxygen atoms in total. The second-order valence-electron chi connectivity index (χ2n) is 7.75. The number of carbonyl (C=O) groups excluding carboxylic acids is 2. The number of hydrogen-bond donors (Lipinski definition) is 3. The standard InChI is InChI=1S/C16H23N5O2/c22-13(17-8-14(23)20-15-18-9-19-21-15)7-16-4-10-1-11(5-16)3-12(2-10)6-16/h9-12H,1-8H2,(H,17,22)(H2,18,19,20,21,23). The molecule has 0 aliphatic heterocycles. The summed E-state index contributed by atoms with van der Waals surface area (Å²) in [5, 5.41) is 11.5. The third-order valence-electron chi connectivity index (χ3n) is 5.82. The lowest BCUT2D eigenvalue weighted by atomic mass is 9.49. The molecule has 124 valence electrons. The van der Waals surface area contributed by atoms with E-state index in [0.717, 1.165) is 17.8 Å². The van der Waals surface area contributed by atoms with E-state index in [1.807, 2.05) is 0 Å². The number of anilines is 1. The zero-order valence-corrected chi connectivity index (χ0v) is 13.2. The molecule has 0 atom stereocenters. The van der Waals surface area contributed by atoms with Crippen LogP contribution < -0.4 is 10.6 Å². The molecule has 0 unspecified atom stereocenters. The molecule has 1 heterocycles. The summed E-state index contributed by atoms with van der Waals surface area (Å²) >= 11 is 0. The van der Waals surface area contributed by atoms with Crippen molar-refractivity contribution in [3.8, 4) is 0 Å². The van der Waals surface area contributed by atoms with Gasteiger partial charge in [0.05, 0.1) is 6.54 Å². The Labute approximate surface area is 135 Å². The summed E-state index contributed by atoms with van der Waals surface area (Å²) in [6.45, 7) is -0.0219. The number of nitrogens with one attached hydrogen (secondary N) is 3. The molecule has 3 N–H and O–H groups in total. The predicted octanol–water partition coefficient (Wildman–Crippen LogP) is 1.47. The number of H-pyrrole nitrogens is 1. The number of rotatable bonds is 5. The molecular formula is C16H23N5O2. The quantitative estimate of drug-likeness (QED) is 0.765. The van der Waals surface area contributed by atoms with Crippen molar-refractivity contribution in [1.29, 1.82) is 0 Å². The summed E-state index contributed by atoms with van der Waals surface area (Å²) in [6.07, 6.45) is 9.64. The Kier molecular flexibility index (Phi) is 3.58. The third kappa shape index (κ3) is 3.09. The first kappa shape index (κ1) is 14.7. The van der Waals surface area contributed by atoms with Crippen molar-refractivity contribution >= 4 is 17.8 Å². The van der Waals surface area contributed by atoms with Crippen LogP contribution in [0.1, 0.15) is 44.9 Å². The maximum atomic E-state index is 12.3. The van der Waals surface area contributed by atoms with Crippen LogP contribution in [0.3, 0.4) is 0 Å². The van der Waals surface area contributed by atoms with Gasteiger partial charge in [0.2, 0.25) is 17.8 Å². The maximum absolute atomic E-state index is 12.3. The first-order valence-corrected chi connectivity index (χ1v) is 8.52. The van der Waals surface area contributed by atoms with Crippen LogP contribution in [0, 0.1) is 23.2 Å². The minimum Gasteiger partial charge on any atom is -0.347 e. The molecule has 1 aromatic rings. The average molecular weight is 317 g/mol.